The van der Waals surface area contributed by atoms with Gasteiger partial charge in [-0.05, 0) is 66.0 Å². The summed E-state index contributed by atoms with van der Waals surface area (Å²) in [6, 6.07) is 6.39. The third-order valence-corrected chi connectivity index (χ3v) is 7.27. The lowest BCUT2D eigenvalue weighted by atomic mass is 9.79. The summed E-state index contributed by atoms with van der Waals surface area (Å²) < 4.78 is 2.69. The van der Waals surface area contributed by atoms with E-state index in [4.69, 9.17) is 0 Å². The van der Waals surface area contributed by atoms with Crippen molar-refractivity contribution in [3.8, 4) is 0 Å². The second-order valence-electron chi connectivity index (χ2n) is 7.95. The van der Waals surface area contributed by atoms with Gasteiger partial charge in [0.15, 0.2) is 0 Å². The van der Waals surface area contributed by atoms with Gasteiger partial charge in [0.1, 0.15) is 0 Å². The zero-order valence-electron chi connectivity index (χ0n) is 17.5. The number of likely N-dealkylation sites (N-methyl/N-ethyl adjacent to an activating group) is 1. The maximum Gasteiger partial charge on any atom is 0.231 e. The van der Waals surface area contributed by atoms with Crippen molar-refractivity contribution in [1.82, 2.24) is 14.4 Å². The van der Waals surface area contributed by atoms with E-state index in [1.165, 1.54) is 11.1 Å². The van der Waals surface area contributed by atoms with E-state index < -0.39 is 0 Å². The molecular formula is C23H28BrN3O2. The number of hydrogen-bond donors (Lipinski definition) is 0. The lowest BCUT2D eigenvalue weighted by Crippen LogP contribution is -2.47. The summed E-state index contributed by atoms with van der Waals surface area (Å²) in [5.41, 5.74) is 4.52. The molecule has 2 atom stereocenters. The van der Waals surface area contributed by atoms with Crippen molar-refractivity contribution in [2.24, 2.45) is 5.92 Å². The molecule has 1 aromatic carbocycles. The van der Waals surface area contributed by atoms with Gasteiger partial charge in [-0.2, -0.15) is 0 Å². The molecule has 154 valence electrons. The fourth-order valence-corrected chi connectivity index (χ4v) is 5.67. The largest absolute Gasteiger partial charge is 0.343 e. The summed E-state index contributed by atoms with van der Waals surface area (Å²) >= 11 is 3.72. The van der Waals surface area contributed by atoms with Gasteiger partial charge in [-0.15, -0.1) is 0 Å². The average molecular weight is 458 g/mol. The second kappa shape index (κ2) is 7.73. The topological polar surface area (TPSA) is 45.6 Å². The maximum atomic E-state index is 13.1. The molecule has 0 N–H and O–H groups in total. The Kier molecular flexibility index (Phi) is 5.42. The molecule has 4 rings (SSSR count). The summed E-state index contributed by atoms with van der Waals surface area (Å²) in [5.74, 6) is 0.156. The van der Waals surface area contributed by atoms with Crippen molar-refractivity contribution in [1.29, 1.82) is 0 Å². The Morgan fingerprint density at radius 3 is 2.59 bits per heavy atom. The van der Waals surface area contributed by atoms with Crippen molar-refractivity contribution in [3.05, 3.63) is 40.0 Å². The molecule has 0 bridgehead atoms. The van der Waals surface area contributed by atoms with Crippen molar-refractivity contribution in [2.45, 2.75) is 39.7 Å². The summed E-state index contributed by atoms with van der Waals surface area (Å²) in [6.07, 6.45) is 3.49. The van der Waals surface area contributed by atoms with Gasteiger partial charge in [-0.1, -0.05) is 25.1 Å². The quantitative estimate of drug-likeness (QED) is 0.690. The van der Waals surface area contributed by atoms with Crippen LogP contribution in [-0.2, 0) is 11.2 Å². The Bertz CT molecular complexity index is 1020. The fraction of sp³-hybridized carbons (Fsp3) is 0.478. The molecule has 1 amide bonds. The van der Waals surface area contributed by atoms with Crippen LogP contribution in [0.25, 0.3) is 16.5 Å². The Morgan fingerprint density at radius 2 is 1.93 bits per heavy atom. The molecule has 5 nitrogen and oxygen atoms in total. The van der Waals surface area contributed by atoms with Crippen LogP contribution in [0.2, 0.25) is 0 Å². The number of nitrogens with zero attached hydrogens (tertiary/aromatic N) is 3. The SMILES string of the molecule is CCC(=O)n1c(Br)c2c3c(cccc31)C1=CC(C(=O)N(CC)CC)CN(C)C1C2. The molecule has 0 fully saturated rings. The monoisotopic (exact) mass is 457 g/mol. The minimum atomic E-state index is -0.134. The van der Waals surface area contributed by atoms with E-state index in [2.05, 4.69) is 40.0 Å². The molecule has 6 heteroatoms. The molecule has 1 aromatic heterocycles. The highest BCUT2D eigenvalue weighted by molar-refractivity contribution is 9.10. The van der Waals surface area contributed by atoms with Crippen LogP contribution in [0.15, 0.2) is 28.9 Å². The summed E-state index contributed by atoms with van der Waals surface area (Å²) in [4.78, 5) is 29.9. The molecule has 0 saturated carbocycles. The van der Waals surface area contributed by atoms with Gasteiger partial charge in [-0.3, -0.25) is 19.1 Å². The normalized spacial score (nSPS) is 21.1. The van der Waals surface area contributed by atoms with Gasteiger partial charge in [-0.25, -0.2) is 0 Å². The first-order valence-electron chi connectivity index (χ1n) is 10.5. The van der Waals surface area contributed by atoms with Gasteiger partial charge in [0.25, 0.3) is 0 Å². The van der Waals surface area contributed by atoms with E-state index in [1.807, 2.05) is 42.4 Å². The van der Waals surface area contributed by atoms with E-state index in [9.17, 15) is 9.59 Å². The van der Waals surface area contributed by atoms with Gasteiger partial charge in [0.2, 0.25) is 11.8 Å². The Balaban J connectivity index is 1.88. The smallest absolute Gasteiger partial charge is 0.231 e. The number of carbonyl (C=O) groups excluding carboxylic acids is 2. The van der Waals surface area contributed by atoms with Crippen molar-refractivity contribution >= 4 is 44.2 Å². The highest BCUT2D eigenvalue weighted by atomic mass is 79.9. The van der Waals surface area contributed by atoms with E-state index in [0.717, 1.165) is 47.1 Å². The predicted octanol–water partition coefficient (Wildman–Crippen LogP) is 4.19. The number of rotatable bonds is 4. The van der Waals surface area contributed by atoms with Crippen LogP contribution in [0.1, 0.15) is 43.1 Å². The molecular weight excluding hydrogens is 430 g/mol. The number of halogens is 1. The molecule has 1 aliphatic heterocycles. The number of amides is 1. The van der Waals surface area contributed by atoms with Crippen LogP contribution in [0.3, 0.4) is 0 Å². The second-order valence-corrected chi connectivity index (χ2v) is 8.70. The van der Waals surface area contributed by atoms with Crippen LogP contribution < -0.4 is 0 Å². The first-order chi connectivity index (χ1) is 13.9. The minimum absolute atomic E-state index is 0.0899. The van der Waals surface area contributed by atoms with Crippen LogP contribution in [-0.4, -0.2) is 58.9 Å². The van der Waals surface area contributed by atoms with Gasteiger partial charge in [0.05, 0.1) is 16.0 Å². The summed E-state index contributed by atoms with van der Waals surface area (Å²) in [7, 11) is 2.10. The first-order valence-corrected chi connectivity index (χ1v) is 11.3. The van der Waals surface area contributed by atoms with Crippen LogP contribution >= 0.6 is 15.9 Å². The highest BCUT2D eigenvalue weighted by Gasteiger charge is 2.38. The molecule has 0 radical (unpaired) electrons. The van der Waals surface area contributed by atoms with Gasteiger partial charge < -0.3 is 4.90 Å². The van der Waals surface area contributed by atoms with Crippen LogP contribution in [0.4, 0.5) is 0 Å². The first kappa shape index (κ1) is 20.4. The lowest BCUT2D eigenvalue weighted by molar-refractivity contribution is -0.134. The van der Waals surface area contributed by atoms with E-state index >= 15 is 0 Å². The van der Waals surface area contributed by atoms with Gasteiger partial charge >= 0.3 is 0 Å². The molecule has 0 spiro atoms. The zero-order chi connectivity index (χ0) is 20.9. The summed E-state index contributed by atoms with van der Waals surface area (Å²) in [6.45, 7) is 8.14. The highest BCUT2D eigenvalue weighted by Crippen LogP contribution is 2.44. The molecule has 0 saturated heterocycles. The number of aromatic nitrogens is 1. The zero-order valence-corrected chi connectivity index (χ0v) is 19.1. The Labute approximate surface area is 180 Å². The van der Waals surface area contributed by atoms with E-state index in [-0.39, 0.29) is 23.8 Å². The van der Waals surface area contributed by atoms with E-state index in [1.54, 1.807) is 0 Å². The molecule has 2 aliphatic rings. The third-order valence-electron chi connectivity index (χ3n) is 6.44. The fourth-order valence-electron chi connectivity index (χ4n) is 4.92. The molecule has 2 heterocycles. The minimum Gasteiger partial charge on any atom is -0.343 e. The van der Waals surface area contributed by atoms with Crippen molar-refractivity contribution < 1.29 is 9.59 Å². The average Bonchev–Trinajstić information content (AvgIpc) is 3.01. The summed E-state index contributed by atoms with van der Waals surface area (Å²) in [5, 5.41) is 1.15. The number of carbonyl (C=O) groups is 2. The van der Waals surface area contributed by atoms with Crippen molar-refractivity contribution in [3.63, 3.8) is 0 Å². The number of hydrogen-bond acceptors (Lipinski definition) is 3. The predicted molar refractivity (Wildman–Crippen MR) is 120 cm³/mol. The standard InChI is InChI=1S/C23H28BrN3O2/c1-5-20(28)27-18-10-8-9-15-16-11-14(23(29)26(6-2)7-3)13-25(4)19(16)12-17(21(15)18)22(27)24/h8-11,14,19H,5-7,12-13H2,1-4H3. The molecule has 2 unspecified atom stereocenters. The number of benzene rings is 1. The lowest BCUT2D eigenvalue weighted by Gasteiger charge is -2.40. The van der Waals surface area contributed by atoms with Crippen molar-refractivity contribution in [2.75, 3.05) is 26.7 Å². The maximum absolute atomic E-state index is 13.1. The molecule has 2 aromatic rings. The molecule has 29 heavy (non-hydrogen) atoms. The Hall–Kier alpha value is -1.92. The number of fused-ring (bicyclic) bond motifs is 2. The molecule has 1 aliphatic carbocycles. The van der Waals surface area contributed by atoms with Gasteiger partial charge in [0, 0.05) is 37.5 Å². The van der Waals surface area contributed by atoms with E-state index in [0.29, 0.717) is 6.42 Å². The Morgan fingerprint density at radius 1 is 1.21 bits per heavy atom. The third kappa shape index (κ3) is 3.08. The van der Waals surface area contributed by atoms with Crippen LogP contribution in [0.5, 0.6) is 0 Å². The van der Waals surface area contributed by atoms with Crippen LogP contribution in [0, 0.1) is 5.92 Å².